The van der Waals surface area contributed by atoms with Gasteiger partial charge < -0.3 is 10.1 Å². The second-order valence-electron chi connectivity index (χ2n) is 6.63. The Morgan fingerprint density at radius 1 is 1.15 bits per heavy atom. The van der Waals surface area contributed by atoms with Crippen molar-refractivity contribution in [3.8, 4) is 23.2 Å². The van der Waals surface area contributed by atoms with E-state index in [0.717, 1.165) is 12.1 Å². The van der Waals surface area contributed by atoms with Crippen LogP contribution in [0.4, 0.5) is 13.2 Å². The predicted octanol–water partition coefficient (Wildman–Crippen LogP) is 3.80. The first-order chi connectivity index (χ1) is 12.1. The van der Waals surface area contributed by atoms with E-state index in [9.17, 15) is 13.2 Å². The largest absolute Gasteiger partial charge is 0.476 e. The maximum Gasteiger partial charge on any atom is 0.416 e. The van der Waals surface area contributed by atoms with Gasteiger partial charge in [-0.1, -0.05) is 12.1 Å². The van der Waals surface area contributed by atoms with Gasteiger partial charge in [-0.05, 0) is 32.9 Å². The van der Waals surface area contributed by atoms with Crippen LogP contribution < -0.4 is 10.1 Å². The Labute approximate surface area is 149 Å². The molecule has 2 rings (SSSR count). The minimum atomic E-state index is -4.46. The molecule has 0 bridgehead atoms. The Morgan fingerprint density at radius 2 is 1.88 bits per heavy atom. The quantitative estimate of drug-likeness (QED) is 0.817. The van der Waals surface area contributed by atoms with Crippen LogP contribution in [-0.2, 0) is 6.18 Å². The Bertz CT molecular complexity index is 807. The molecule has 0 aliphatic carbocycles. The summed E-state index contributed by atoms with van der Waals surface area (Å²) in [6.45, 7) is 6.88. The maximum absolute atomic E-state index is 12.9. The van der Waals surface area contributed by atoms with E-state index in [0.29, 0.717) is 13.2 Å². The normalized spacial score (nSPS) is 11.9. The van der Waals surface area contributed by atoms with Crippen molar-refractivity contribution >= 4 is 0 Å². The molecule has 1 heterocycles. The summed E-state index contributed by atoms with van der Waals surface area (Å²) < 4.78 is 44.2. The molecule has 8 heteroatoms. The standard InChI is InChI=1S/C18H19F3N4O/c1-17(2,3)23-7-8-26-16-10-14(24-15(11-22)25-16)12-5-4-6-13(9-12)18(19,20)21/h4-6,9-10,23H,7-8H2,1-3H3. The van der Waals surface area contributed by atoms with E-state index in [4.69, 9.17) is 10.00 Å². The lowest BCUT2D eigenvalue weighted by molar-refractivity contribution is -0.137. The zero-order valence-electron chi connectivity index (χ0n) is 14.7. The highest BCUT2D eigenvalue weighted by Crippen LogP contribution is 2.32. The van der Waals surface area contributed by atoms with Crippen molar-refractivity contribution < 1.29 is 17.9 Å². The smallest absolute Gasteiger partial charge is 0.416 e. The Morgan fingerprint density at radius 3 is 2.50 bits per heavy atom. The fraction of sp³-hybridized carbons (Fsp3) is 0.389. The highest BCUT2D eigenvalue weighted by Gasteiger charge is 2.30. The van der Waals surface area contributed by atoms with E-state index in [1.807, 2.05) is 20.8 Å². The second kappa shape index (κ2) is 7.70. The van der Waals surface area contributed by atoms with Gasteiger partial charge in [0.2, 0.25) is 11.7 Å². The van der Waals surface area contributed by atoms with Crippen LogP contribution in [0.3, 0.4) is 0 Å². The minimum absolute atomic E-state index is 0.0734. The average molecular weight is 364 g/mol. The fourth-order valence-corrected chi connectivity index (χ4v) is 2.13. The van der Waals surface area contributed by atoms with Crippen LogP contribution >= 0.6 is 0 Å². The molecule has 2 aromatic rings. The number of ether oxygens (including phenoxy) is 1. The molecule has 0 fully saturated rings. The van der Waals surface area contributed by atoms with Crippen molar-refractivity contribution in [3.05, 3.63) is 41.7 Å². The van der Waals surface area contributed by atoms with Crippen molar-refractivity contribution in [2.24, 2.45) is 0 Å². The summed E-state index contributed by atoms with van der Waals surface area (Å²) in [5.41, 5.74) is -0.433. The molecule has 0 aliphatic rings. The molecule has 1 aromatic carbocycles. The summed E-state index contributed by atoms with van der Waals surface area (Å²) in [6.07, 6.45) is -4.46. The van der Waals surface area contributed by atoms with Gasteiger partial charge in [0.05, 0.1) is 11.3 Å². The summed E-state index contributed by atoms with van der Waals surface area (Å²) in [4.78, 5) is 7.92. The number of hydrogen-bond acceptors (Lipinski definition) is 5. The van der Waals surface area contributed by atoms with Crippen LogP contribution in [0.1, 0.15) is 32.2 Å². The molecule has 0 saturated heterocycles. The number of rotatable bonds is 5. The van der Waals surface area contributed by atoms with Crippen molar-refractivity contribution in [1.82, 2.24) is 15.3 Å². The highest BCUT2D eigenvalue weighted by atomic mass is 19.4. The summed E-state index contributed by atoms with van der Waals surface area (Å²) >= 11 is 0. The number of nitrogens with one attached hydrogen (secondary N) is 1. The van der Waals surface area contributed by atoms with Crippen LogP contribution in [0.25, 0.3) is 11.3 Å². The molecule has 0 radical (unpaired) electrons. The Kier molecular flexibility index (Phi) is 5.83. The molecule has 1 N–H and O–H groups in total. The molecule has 1 aromatic heterocycles. The minimum Gasteiger partial charge on any atom is -0.476 e. The summed E-state index contributed by atoms with van der Waals surface area (Å²) in [7, 11) is 0. The predicted molar refractivity (Wildman–Crippen MR) is 90.4 cm³/mol. The summed E-state index contributed by atoms with van der Waals surface area (Å²) in [5, 5.41) is 12.3. The van der Waals surface area contributed by atoms with Gasteiger partial charge >= 0.3 is 6.18 Å². The van der Waals surface area contributed by atoms with Gasteiger partial charge in [0.1, 0.15) is 12.7 Å². The molecule has 0 aliphatic heterocycles. The number of alkyl halides is 3. The van der Waals surface area contributed by atoms with Gasteiger partial charge in [0.25, 0.3) is 0 Å². The molecule has 0 saturated carbocycles. The monoisotopic (exact) mass is 364 g/mol. The highest BCUT2D eigenvalue weighted by molar-refractivity contribution is 5.61. The summed E-state index contributed by atoms with van der Waals surface area (Å²) in [5.74, 6) is -0.0293. The van der Waals surface area contributed by atoms with Crippen molar-refractivity contribution in [1.29, 1.82) is 5.26 Å². The van der Waals surface area contributed by atoms with Gasteiger partial charge in [0, 0.05) is 23.7 Å². The first-order valence-electron chi connectivity index (χ1n) is 7.93. The van der Waals surface area contributed by atoms with E-state index in [-0.39, 0.29) is 28.5 Å². The fourth-order valence-electron chi connectivity index (χ4n) is 2.13. The average Bonchev–Trinajstić information content (AvgIpc) is 2.57. The lowest BCUT2D eigenvalue weighted by atomic mass is 10.1. The molecular weight excluding hydrogens is 345 g/mol. The van der Waals surface area contributed by atoms with Gasteiger partial charge in [-0.2, -0.15) is 23.4 Å². The van der Waals surface area contributed by atoms with E-state index < -0.39 is 11.7 Å². The maximum atomic E-state index is 12.9. The van der Waals surface area contributed by atoms with E-state index >= 15 is 0 Å². The third kappa shape index (κ3) is 5.70. The van der Waals surface area contributed by atoms with Crippen LogP contribution in [-0.4, -0.2) is 28.7 Å². The molecular formula is C18H19F3N4O. The second-order valence-corrected chi connectivity index (χ2v) is 6.63. The number of aromatic nitrogens is 2. The number of nitrogens with zero attached hydrogens (tertiary/aromatic N) is 3. The molecule has 26 heavy (non-hydrogen) atoms. The van der Waals surface area contributed by atoms with Crippen molar-refractivity contribution in [2.75, 3.05) is 13.2 Å². The molecule has 0 atom stereocenters. The third-order valence-electron chi connectivity index (χ3n) is 3.30. The lowest BCUT2D eigenvalue weighted by Gasteiger charge is -2.20. The third-order valence-corrected chi connectivity index (χ3v) is 3.30. The Balaban J connectivity index is 2.23. The Hall–Kier alpha value is -2.66. The van der Waals surface area contributed by atoms with Gasteiger partial charge in [-0.15, -0.1) is 0 Å². The van der Waals surface area contributed by atoms with Crippen LogP contribution in [0, 0.1) is 11.3 Å². The number of halogens is 3. The number of benzene rings is 1. The van der Waals surface area contributed by atoms with Crippen LogP contribution in [0.2, 0.25) is 0 Å². The SMILES string of the molecule is CC(C)(C)NCCOc1cc(-c2cccc(C(F)(F)F)c2)nc(C#N)n1. The first-order valence-corrected chi connectivity index (χ1v) is 7.93. The van der Waals surface area contributed by atoms with Crippen molar-refractivity contribution in [2.45, 2.75) is 32.5 Å². The van der Waals surface area contributed by atoms with E-state index in [1.54, 1.807) is 6.07 Å². The molecule has 0 amide bonds. The number of nitriles is 1. The van der Waals surface area contributed by atoms with Crippen LogP contribution in [0.5, 0.6) is 5.88 Å². The number of hydrogen-bond donors (Lipinski definition) is 1. The van der Waals surface area contributed by atoms with E-state index in [2.05, 4.69) is 15.3 Å². The molecule has 138 valence electrons. The van der Waals surface area contributed by atoms with Gasteiger partial charge in [-0.3, -0.25) is 0 Å². The van der Waals surface area contributed by atoms with Gasteiger partial charge in [-0.25, -0.2) is 4.98 Å². The van der Waals surface area contributed by atoms with E-state index in [1.165, 1.54) is 18.2 Å². The summed E-state index contributed by atoms with van der Waals surface area (Å²) in [6, 6.07) is 7.96. The molecule has 0 spiro atoms. The topological polar surface area (TPSA) is 70.8 Å². The molecule has 0 unspecified atom stereocenters. The van der Waals surface area contributed by atoms with Gasteiger partial charge in [0.15, 0.2) is 0 Å². The molecule has 5 nitrogen and oxygen atoms in total. The zero-order valence-corrected chi connectivity index (χ0v) is 14.7. The zero-order chi connectivity index (χ0) is 19.4. The van der Waals surface area contributed by atoms with Crippen LogP contribution in [0.15, 0.2) is 30.3 Å². The first kappa shape index (κ1) is 19.7. The lowest BCUT2D eigenvalue weighted by Crippen LogP contribution is -2.38. The van der Waals surface area contributed by atoms with Crippen molar-refractivity contribution in [3.63, 3.8) is 0 Å².